The van der Waals surface area contributed by atoms with E-state index in [0.717, 1.165) is 24.9 Å². The Labute approximate surface area is 129 Å². The predicted octanol–water partition coefficient (Wildman–Crippen LogP) is 3.52. The van der Waals surface area contributed by atoms with Crippen molar-refractivity contribution in [3.8, 4) is 0 Å². The van der Waals surface area contributed by atoms with Crippen LogP contribution in [0.15, 0.2) is 12.1 Å². The van der Waals surface area contributed by atoms with Crippen LogP contribution in [0.25, 0.3) is 0 Å². The molecule has 3 nitrogen and oxygen atoms in total. The number of aryl methyl sites for hydroxylation is 1. The van der Waals surface area contributed by atoms with E-state index in [1.807, 2.05) is 0 Å². The zero-order valence-corrected chi connectivity index (χ0v) is 13.7. The lowest BCUT2D eigenvalue weighted by Gasteiger charge is -2.29. The van der Waals surface area contributed by atoms with Crippen LogP contribution in [0.2, 0.25) is 0 Å². The molecule has 1 saturated carbocycles. The molecule has 116 valence electrons. The van der Waals surface area contributed by atoms with Crippen molar-refractivity contribution in [2.75, 3.05) is 11.4 Å². The molecule has 1 N–H and O–H groups in total. The number of aromatic nitrogens is 1. The van der Waals surface area contributed by atoms with Crippen molar-refractivity contribution in [1.29, 1.82) is 0 Å². The van der Waals surface area contributed by atoms with E-state index in [9.17, 15) is 0 Å². The van der Waals surface area contributed by atoms with Crippen molar-refractivity contribution >= 4 is 5.82 Å². The molecule has 2 aliphatic rings. The number of hydrogen-bond acceptors (Lipinski definition) is 3. The van der Waals surface area contributed by atoms with Crippen LogP contribution in [0.3, 0.4) is 0 Å². The summed E-state index contributed by atoms with van der Waals surface area (Å²) in [6.45, 7) is 8.82. The zero-order valence-electron chi connectivity index (χ0n) is 13.7. The molecule has 3 heteroatoms. The molecule has 1 aromatic rings. The fourth-order valence-corrected chi connectivity index (χ4v) is 3.79. The third-order valence-electron chi connectivity index (χ3n) is 4.85. The number of nitrogens with zero attached hydrogens (tertiary/aromatic N) is 2. The second-order valence-electron chi connectivity index (χ2n) is 7.10. The van der Waals surface area contributed by atoms with Crippen LogP contribution in [-0.2, 0) is 13.0 Å². The number of pyridine rings is 1. The SMILES string of the molecule is CCCc1cc(CNC(C)C)cc(N2CC3CCC2C3)n1. The maximum atomic E-state index is 4.95. The van der Waals surface area contributed by atoms with Gasteiger partial charge in [0.15, 0.2) is 0 Å². The molecule has 0 aromatic carbocycles. The summed E-state index contributed by atoms with van der Waals surface area (Å²) in [6.07, 6.45) is 6.44. The van der Waals surface area contributed by atoms with E-state index in [1.54, 1.807) is 0 Å². The molecule has 0 spiro atoms. The van der Waals surface area contributed by atoms with Crippen molar-refractivity contribution in [2.45, 2.75) is 71.5 Å². The lowest BCUT2D eigenvalue weighted by Crippen LogP contribution is -2.33. The Bertz CT molecular complexity index is 483. The molecule has 1 aromatic heterocycles. The van der Waals surface area contributed by atoms with Gasteiger partial charge in [-0.05, 0) is 49.3 Å². The van der Waals surface area contributed by atoms with E-state index in [2.05, 4.69) is 43.1 Å². The Hall–Kier alpha value is -1.09. The molecule has 2 fully saturated rings. The number of anilines is 1. The van der Waals surface area contributed by atoms with Crippen LogP contribution >= 0.6 is 0 Å². The zero-order chi connectivity index (χ0) is 14.8. The van der Waals surface area contributed by atoms with Crippen LogP contribution in [0.1, 0.15) is 57.7 Å². The maximum Gasteiger partial charge on any atom is 0.129 e. The van der Waals surface area contributed by atoms with Gasteiger partial charge in [0.2, 0.25) is 0 Å². The van der Waals surface area contributed by atoms with Gasteiger partial charge in [0, 0.05) is 30.9 Å². The van der Waals surface area contributed by atoms with Crippen molar-refractivity contribution in [3.63, 3.8) is 0 Å². The topological polar surface area (TPSA) is 28.2 Å². The number of rotatable bonds is 6. The minimum absolute atomic E-state index is 0.527. The van der Waals surface area contributed by atoms with E-state index in [0.29, 0.717) is 6.04 Å². The van der Waals surface area contributed by atoms with Gasteiger partial charge in [-0.15, -0.1) is 0 Å². The molecule has 21 heavy (non-hydrogen) atoms. The summed E-state index contributed by atoms with van der Waals surface area (Å²) in [5, 5.41) is 3.54. The summed E-state index contributed by atoms with van der Waals surface area (Å²) in [6, 6.07) is 5.88. The molecule has 1 aliphatic heterocycles. The van der Waals surface area contributed by atoms with Gasteiger partial charge in [-0.3, -0.25) is 0 Å². The lowest BCUT2D eigenvalue weighted by molar-refractivity contribution is 0.549. The Morgan fingerprint density at radius 2 is 2.19 bits per heavy atom. The summed E-state index contributed by atoms with van der Waals surface area (Å²) < 4.78 is 0. The molecular weight excluding hydrogens is 258 g/mol. The van der Waals surface area contributed by atoms with Gasteiger partial charge in [0.05, 0.1) is 0 Å². The van der Waals surface area contributed by atoms with Crippen molar-refractivity contribution in [3.05, 3.63) is 23.4 Å². The minimum atomic E-state index is 0.527. The first-order valence-electron chi connectivity index (χ1n) is 8.65. The molecule has 0 radical (unpaired) electrons. The maximum absolute atomic E-state index is 4.95. The van der Waals surface area contributed by atoms with Gasteiger partial charge in [0.25, 0.3) is 0 Å². The second-order valence-corrected chi connectivity index (χ2v) is 7.10. The molecule has 2 atom stereocenters. The molecule has 2 unspecified atom stereocenters. The van der Waals surface area contributed by atoms with Crippen LogP contribution < -0.4 is 10.2 Å². The smallest absolute Gasteiger partial charge is 0.129 e. The average Bonchev–Trinajstić information content (AvgIpc) is 3.08. The normalized spacial score (nSPS) is 24.3. The highest BCUT2D eigenvalue weighted by molar-refractivity contribution is 5.46. The lowest BCUT2D eigenvalue weighted by atomic mass is 10.1. The average molecular weight is 287 g/mol. The van der Waals surface area contributed by atoms with E-state index >= 15 is 0 Å². The fourth-order valence-electron chi connectivity index (χ4n) is 3.79. The number of nitrogens with one attached hydrogen (secondary N) is 1. The monoisotopic (exact) mass is 287 g/mol. The Balaban J connectivity index is 1.81. The first-order chi connectivity index (χ1) is 10.2. The number of piperidine rings is 1. The molecule has 1 aliphatic carbocycles. The third kappa shape index (κ3) is 3.39. The minimum Gasteiger partial charge on any atom is -0.353 e. The van der Waals surface area contributed by atoms with Gasteiger partial charge in [-0.1, -0.05) is 27.2 Å². The van der Waals surface area contributed by atoms with Crippen LogP contribution in [0.5, 0.6) is 0 Å². The molecule has 0 amide bonds. The molecule has 2 heterocycles. The van der Waals surface area contributed by atoms with Crippen molar-refractivity contribution < 1.29 is 0 Å². The molecule has 3 rings (SSSR count). The van der Waals surface area contributed by atoms with Gasteiger partial charge in [-0.25, -0.2) is 4.98 Å². The summed E-state index contributed by atoms with van der Waals surface area (Å²) in [4.78, 5) is 7.52. The van der Waals surface area contributed by atoms with Crippen LogP contribution in [-0.4, -0.2) is 23.6 Å². The largest absolute Gasteiger partial charge is 0.353 e. The molecule has 1 saturated heterocycles. The van der Waals surface area contributed by atoms with Gasteiger partial charge in [0.1, 0.15) is 5.82 Å². The summed E-state index contributed by atoms with van der Waals surface area (Å²) >= 11 is 0. The number of fused-ring (bicyclic) bond motifs is 2. The van der Waals surface area contributed by atoms with Gasteiger partial charge < -0.3 is 10.2 Å². The van der Waals surface area contributed by atoms with E-state index in [-0.39, 0.29) is 0 Å². The van der Waals surface area contributed by atoms with Crippen LogP contribution in [0.4, 0.5) is 5.82 Å². The Morgan fingerprint density at radius 1 is 1.33 bits per heavy atom. The first kappa shape index (κ1) is 14.8. The first-order valence-corrected chi connectivity index (χ1v) is 8.65. The Kier molecular flexibility index (Phi) is 4.48. The van der Waals surface area contributed by atoms with E-state index in [4.69, 9.17) is 4.98 Å². The third-order valence-corrected chi connectivity index (χ3v) is 4.85. The summed E-state index contributed by atoms with van der Waals surface area (Å²) in [5.74, 6) is 2.15. The molecule has 2 bridgehead atoms. The quantitative estimate of drug-likeness (QED) is 0.867. The second kappa shape index (κ2) is 6.35. The highest BCUT2D eigenvalue weighted by Gasteiger charge is 2.38. The highest BCUT2D eigenvalue weighted by Crippen LogP contribution is 2.39. The number of hydrogen-bond donors (Lipinski definition) is 1. The van der Waals surface area contributed by atoms with Crippen molar-refractivity contribution in [2.24, 2.45) is 5.92 Å². The van der Waals surface area contributed by atoms with Crippen molar-refractivity contribution in [1.82, 2.24) is 10.3 Å². The van der Waals surface area contributed by atoms with E-state index in [1.165, 1.54) is 49.3 Å². The van der Waals surface area contributed by atoms with Gasteiger partial charge in [-0.2, -0.15) is 0 Å². The van der Waals surface area contributed by atoms with Crippen LogP contribution in [0, 0.1) is 5.92 Å². The van der Waals surface area contributed by atoms with Gasteiger partial charge >= 0.3 is 0 Å². The highest BCUT2D eigenvalue weighted by atomic mass is 15.2. The van der Waals surface area contributed by atoms with E-state index < -0.39 is 0 Å². The fraction of sp³-hybridized carbons (Fsp3) is 0.722. The Morgan fingerprint density at radius 3 is 2.81 bits per heavy atom. The summed E-state index contributed by atoms with van der Waals surface area (Å²) in [5.41, 5.74) is 2.65. The molecular formula is C18H29N3. The predicted molar refractivity (Wildman–Crippen MR) is 88.7 cm³/mol. The standard InChI is InChI=1S/C18H29N3/c1-4-5-16-8-15(11-19-13(2)3)10-18(20-16)21-12-14-6-7-17(21)9-14/h8,10,13-14,17,19H,4-7,9,11-12H2,1-3H3. The summed E-state index contributed by atoms with van der Waals surface area (Å²) in [7, 11) is 0.